The number of imidazole rings is 1. The number of hydrogen-bond donors (Lipinski definition) is 1. The van der Waals surface area contributed by atoms with Crippen molar-refractivity contribution in [1.29, 1.82) is 0 Å². The number of aromatic nitrogens is 3. The van der Waals surface area contributed by atoms with Crippen LogP contribution in [0.25, 0.3) is 22.4 Å². The summed E-state index contributed by atoms with van der Waals surface area (Å²) >= 11 is 0. The van der Waals surface area contributed by atoms with Crippen LogP contribution in [-0.4, -0.2) is 46.0 Å². The third-order valence-electron chi connectivity index (χ3n) is 4.23. The van der Waals surface area contributed by atoms with Crippen molar-refractivity contribution in [2.45, 2.75) is 13.1 Å². The van der Waals surface area contributed by atoms with Gasteiger partial charge in [0.1, 0.15) is 11.3 Å². The Morgan fingerprint density at radius 2 is 2.00 bits per heavy atom. The number of amides is 1. The third-order valence-corrected chi connectivity index (χ3v) is 4.23. The Bertz CT molecular complexity index is 911. The van der Waals surface area contributed by atoms with Gasteiger partial charge in [0.15, 0.2) is 0 Å². The lowest BCUT2D eigenvalue weighted by Gasteiger charge is -2.11. The minimum absolute atomic E-state index is 0.0837. The lowest BCUT2D eigenvalue weighted by atomic mass is 10.1. The quantitative estimate of drug-likeness (QED) is 0.800. The molecule has 0 spiro atoms. The molecule has 6 heteroatoms. The molecule has 6 nitrogen and oxygen atoms in total. The maximum atomic E-state index is 12.2. The van der Waals surface area contributed by atoms with Gasteiger partial charge in [-0.05, 0) is 19.7 Å². The molecule has 2 aromatic heterocycles. The van der Waals surface area contributed by atoms with Gasteiger partial charge in [0, 0.05) is 31.4 Å². The predicted octanol–water partition coefficient (Wildman–Crippen LogP) is 1.90. The van der Waals surface area contributed by atoms with Crippen LogP contribution in [0.3, 0.4) is 0 Å². The van der Waals surface area contributed by atoms with E-state index in [1.807, 2.05) is 0 Å². The van der Waals surface area contributed by atoms with Gasteiger partial charge in [-0.2, -0.15) is 0 Å². The highest BCUT2D eigenvalue weighted by molar-refractivity contribution is 6.05. The summed E-state index contributed by atoms with van der Waals surface area (Å²) in [5.41, 5.74) is 4.53. The van der Waals surface area contributed by atoms with Gasteiger partial charge in [-0.3, -0.25) is 9.78 Å². The first-order chi connectivity index (χ1) is 11.6. The van der Waals surface area contributed by atoms with Gasteiger partial charge in [0.25, 0.3) is 5.91 Å². The van der Waals surface area contributed by atoms with E-state index in [1.54, 1.807) is 12.4 Å². The van der Waals surface area contributed by atoms with Gasteiger partial charge in [0.05, 0.1) is 17.3 Å². The Morgan fingerprint density at radius 1 is 1.21 bits per heavy atom. The SMILES string of the molecule is CN(C)Cc1ccc(-c2nc3cncc4c3n2CCNC4=O)cc1. The highest BCUT2D eigenvalue weighted by atomic mass is 16.1. The molecule has 122 valence electrons. The number of benzene rings is 1. The van der Waals surface area contributed by atoms with Crippen molar-refractivity contribution >= 4 is 16.9 Å². The van der Waals surface area contributed by atoms with Crippen LogP contribution in [0.15, 0.2) is 36.7 Å². The fourth-order valence-corrected chi connectivity index (χ4v) is 3.19. The van der Waals surface area contributed by atoms with Crippen LogP contribution in [0.5, 0.6) is 0 Å². The van der Waals surface area contributed by atoms with Gasteiger partial charge in [0.2, 0.25) is 0 Å². The number of nitrogens with zero attached hydrogens (tertiary/aromatic N) is 4. The summed E-state index contributed by atoms with van der Waals surface area (Å²) < 4.78 is 2.12. The molecule has 0 bridgehead atoms. The van der Waals surface area contributed by atoms with E-state index in [1.165, 1.54) is 5.56 Å². The lowest BCUT2D eigenvalue weighted by Crippen LogP contribution is -2.24. The maximum absolute atomic E-state index is 12.2. The molecule has 24 heavy (non-hydrogen) atoms. The summed E-state index contributed by atoms with van der Waals surface area (Å²) in [6.45, 7) is 2.20. The molecule has 1 amide bonds. The van der Waals surface area contributed by atoms with Gasteiger partial charge in [-0.15, -0.1) is 0 Å². The van der Waals surface area contributed by atoms with Crippen LogP contribution in [0.2, 0.25) is 0 Å². The molecule has 1 aromatic carbocycles. The number of pyridine rings is 1. The van der Waals surface area contributed by atoms with E-state index in [4.69, 9.17) is 4.98 Å². The monoisotopic (exact) mass is 321 g/mol. The number of rotatable bonds is 3. The molecule has 0 radical (unpaired) electrons. The molecule has 0 saturated heterocycles. The van der Waals surface area contributed by atoms with Crippen LogP contribution in [-0.2, 0) is 13.1 Å². The van der Waals surface area contributed by atoms with E-state index in [2.05, 4.69) is 58.1 Å². The largest absolute Gasteiger partial charge is 0.350 e. The Balaban J connectivity index is 1.84. The van der Waals surface area contributed by atoms with Crippen molar-refractivity contribution in [3.63, 3.8) is 0 Å². The highest BCUT2D eigenvalue weighted by Gasteiger charge is 2.22. The maximum Gasteiger partial charge on any atom is 0.255 e. The molecule has 3 aromatic rings. The average molecular weight is 321 g/mol. The van der Waals surface area contributed by atoms with E-state index in [0.717, 1.165) is 29.0 Å². The molecule has 0 atom stereocenters. The molecule has 1 N–H and O–H groups in total. The second-order valence-electron chi connectivity index (χ2n) is 6.33. The van der Waals surface area contributed by atoms with Crippen molar-refractivity contribution in [2.24, 2.45) is 0 Å². The summed E-state index contributed by atoms with van der Waals surface area (Å²) in [6.07, 6.45) is 3.34. The minimum Gasteiger partial charge on any atom is -0.350 e. The first kappa shape index (κ1) is 14.8. The van der Waals surface area contributed by atoms with Crippen LogP contribution < -0.4 is 5.32 Å². The summed E-state index contributed by atoms with van der Waals surface area (Å²) in [5.74, 6) is 0.798. The van der Waals surface area contributed by atoms with E-state index < -0.39 is 0 Å². The van der Waals surface area contributed by atoms with Gasteiger partial charge < -0.3 is 14.8 Å². The lowest BCUT2D eigenvalue weighted by molar-refractivity contribution is 0.0956. The molecule has 1 aliphatic rings. The number of carbonyl (C=O) groups is 1. The van der Waals surface area contributed by atoms with E-state index in [0.29, 0.717) is 18.7 Å². The predicted molar refractivity (Wildman–Crippen MR) is 92.7 cm³/mol. The fraction of sp³-hybridized carbons (Fsp3) is 0.278. The summed E-state index contributed by atoms with van der Waals surface area (Å²) in [6, 6.07) is 8.44. The average Bonchev–Trinajstić information content (AvgIpc) is 2.84. The number of hydrogen-bond acceptors (Lipinski definition) is 4. The first-order valence-electron chi connectivity index (χ1n) is 8.00. The molecule has 4 rings (SSSR count). The molecule has 0 aliphatic carbocycles. The smallest absolute Gasteiger partial charge is 0.255 e. The number of carbonyl (C=O) groups excluding carboxylic acids is 1. The van der Waals surface area contributed by atoms with Crippen molar-refractivity contribution in [3.8, 4) is 11.4 Å². The highest BCUT2D eigenvalue weighted by Crippen LogP contribution is 2.28. The zero-order chi connectivity index (χ0) is 16.7. The van der Waals surface area contributed by atoms with Crippen LogP contribution in [0.4, 0.5) is 0 Å². The van der Waals surface area contributed by atoms with E-state index in [9.17, 15) is 4.79 Å². The molecule has 3 heterocycles. The zero-order valence-corrected chi connectivity index (χ0v) is 13.8. The Labute approximate surface area is 140 Å². The Hall–Kier alpha value is -2.73. The van der Waals surface area contributed by atoms with Gasteiger partial charge in [-0.25, -0.2) is 4.98 Å². The number of nitrogens with one attached hydrogen (secondary N) is 1. The van der Waals surface area contributed by atoms with Crippen LogP contribution in [0, 0.1) is 0 Å². The van der Waals surface area contributed by atoms with Crippen LogP contribution >= 0.6 is 0 Å². The summed E-state index contributed by atoms with van der Waals surface area (Å²) in [5, 5.41) is 2.91. The molecule has 0 fully saturated rings. The van der Waals surface area contributed by atoms with Gasteiger partial charge in [-0.1, -0.05) is 24.3 Å². The van der Waals surface area contributed by atoms with E-state index in [-0.39, 0.29) is 5.91 Å². The topological polar surface area (TPSA) is 63.1 Å². The fourth-order valence-electron chi connectivity index (χ4n) is 3.19. The second kappa shape index (κ2) is 5.72. The van der Waals surface area contributed by atoms with Crippen LogP contribution in [0.1, 0.15) is 15.9 Å². The zero-order valence-electron chi connectivity index (χ0n) is 13.8. The second-order valence-corrected chi connectivity index (χ2v) is 6.33. The molecular formula is C18H19N5O. The van der Waals surface area contributed by atoms with Crippen molar-refractivity contribution in [2.75, 3.05) is 20.6 Å². The summed E-state index contributed by atoms with van der Waals surface area (Å²) in [4.78, 5) is 23.2. The normalized spacial score (nSPS) is 14.0. The standard InChI is InChI=1S/C18H19N5O/c1-22(2)11-12-3-5-13(6-4-12)17-21-15-10-19-9-14-16(15)23(17)8-7-20-18(14)24/h3-6,9-10H,7-8,11H2,1-2H3,(H,20,24). The third kappa shape index (κ3) is 2.45. The van der Waals surface area contributed by atoms with Crippen molar-refractivity contribution in [1.82, 2.24) is 24.8 Å². The van der Waals surface area contributed by atoms with Crippen molar-refractivity contribution < 1.29 is 4.79 Å². The Morgan fingerprint density at radius 3 is 2.75 bits per heavy atom. The molecule has 0 unspecified atom stereocenters. The summed E-state index contributed by atoms with van der Waals surface area (Å²) in [7, 11) is 4.11. The van der Waals surface area contributed by atoms with Crippen molar-refractivity contribution in [3.05, 3.63) is 47.8 Å². The molecule has 1 aliphatic heterocycles. The Kier molecular flexibility index (Phi) is 3.54. The van der Waals surface area contributed by atoms with Gasteiger partial charge >= 0.3 is 0 Å². The first-order valence-corrected chi connectivity index (χ1v) is 8.00. The minimum atomic E-state index is -0.0837. The molecular weight excluding hydrogens is 302 g/mol. The van der Waals surface area contributed by atoms with E-state index >= 15 is 0 Å². The molecule has 0 saturated carbocycles.